The van der Waals surface area contributed by atoms with Gasteiger partial charge >= 0.3 is 0 Å². The molecule has 122 valence electrons. The summed E-state index contributed by atoms with van der Waals surface area (Å²) in [5.74, 6) is 3.93. The van der Waals surface area contributed by atoms with Gasteiger partial charge in [-0.05, 0) is 88.9 Å². The van der Waals surface area contributed by atoms with E-state index < -0.39 is 0 Å². The quantitative estimate of drug-likeness (QED) is 0.514. The molecule has 4 atom stereocenters. The predicted octanol–water partition coefficient (Wildman–Crippen LogP) is 6.58. The zero-order chi connectivity index (χ0) is 16.6. The second-order valence-electron chi connectivity index (χ2n) is 8.12. The fourth-order valence-electron chi connectivity index (χ4n) is 5.42. The van der Waals surface area contributed by atoms with Crippen molar-refractivity contribution < 1.29 is 0 Å². The van der Waals surface area contributed by atoms with Crippen molar-refractivity contribution in [2.75, 3.05) is 0 Å². The van der Waals surface area contributed by atoms with Crippen molar-refractivity contribution in [3.8, 4) is 0 Å². The van der Waals surface area contributed by atoms with E-state index in [0.29, 0.717) is 35.5 Å². The van der Waals surface area contributed by atoms with Crippen LogP contribution in [0, 0.1) is 35.5 Å². The fourth-order valence-corrected chi connectivity index (χ4v) is 5.42. The highest BCUT2D eigenvalue weighted by atomic mass is 14.5. The van der Waals surface area contributed by atoms with E-state index in [-0.39, 0.29) is 0 Å². The summed E-state index contributed by atoms with van der Waals surface area (Å²) in [6, 6.07) is 0. The lowest BCUT2D eigenvalue weighted by atomic mass is 9.50. The summed E-state index contributed by atoms with van der Waals surface area (Å²) >= 11 is 0. The van der Waals surface area contributed by atoms with Crippen LogP contribution in [0.15, 0.2) is 48.6 Å². The Bertz CT molecular complexity index is 402. The van der Waals surface area contributed by atoms with Gasteiger partial charge in [0.15, 0.2) is 0 Å². The normalized spacial score (nSPS) is 38.0. The summed E-state index contributed by atoms with van der Waals surface area (Å²) in [5.41, 5.74) is 5.46. The minimum atomic E-state index is 0.643. The maximum atomic E-state index is 4.33. The van der Waals surface area contributed by atoms with Crippen LogP contribution in [-0.2, 0) is 0 Å². The molecule has 0 amide bonds. The molecular formula is C22H34. The van der Waals surface area contributed by atoms with E-state index >= 15 is 0 Å². The van der Waals surface area contributed by atoms with E-state index in [1.165, 1.54) is 48.0 Å². The summed E-state index contributed by atoms with van der Waals surface area (Å²) in [4.78, 5) is 0. The maximum Gasteiger partial charge on any atom is -0.0171 e. The van der Waals surface area contributed by atoms with E-state index in [2.05, 4.69) is 54.0 Å². The van der Waals surface area contributed by atoms with Crippen LogP contribution in [0.4, 0.5) is 0 Å². The molecule has 0 saturated heterocycles. The van der Waals surface area contributed by atoms with Crippen LogP contribution in [-0.4, -0.2) is 0 Å². The molecular weight excluding hydrogens is 264 g/mol. The summed E-state index contributed by atoms with van der Waals surface area (Å²) < 4.78 is 0. The second kappa shape index (κ2) is 6.60. The predicted molar refractivity (Wildman–Crippen MR) is 98.7 cm³/mol. The molecule has 0 nitrogen and oxygen atoms in total. The number of fused-ring (bicyclic) bond motifs is 1. The third kappa shape index (κ3) is 3.03. The summed E-state index contributed by atoms with van der Waals surface area (Å²) in [5, 5.41) is 0. The molecule has 0 heterocycles. The van der Waals surface area contributed by atoms with Gasteiger partial charge in [0.2, 0.25) is 0 Å². The lowest BCUT2D eigenvalue weighted by Crippen LogP contribution is -2.47. The topological polar surface area (TPSA) is 0 Å². The average Bonchev–Trinajstić information content (AvgIpc) is 2.43. The minimum Gasteiger partial charge on any atom is -0.0998 e. The molecule has 2 aliphatic carbocycles. The molecule has 0 aliphatic heterocycles. The third-order valence-corrected chi connectivity index (χ3v) is 6.41. The van der Waals surface area contributed by atoms with Gasteiger partial charge < -0.3 is 0 Å². The van der Waals surface area contributed by atoms with Crippen molar-refractivity contribution in [1.29, 1.82) is 0 Å². The molecule has 0 heteroatoms. The SMILES string of the molecule is C=C(C)C1CCC(C(=C)C)C2C(C(=C)C)CCC(C(=C)C)C12. The molecule has 2 saturated carbocycles. The van der Waals surface area contributed by atoms with E-state index in [1.54, 1.807) is 0 Å². The molecule has 4 unspecified atom stereocenters. The van der Waals surface area contributed by atoms with Gasteiger partial charge in [0, 0.05) is 0 Å². The summed E-state index contributed by atoms with van der Waals surface area (Å²) in [6.45, 7) is 26.2. The van der Waals surface area contributed by atoms with Gasteiger partial charge in [-0.15, -0.1) is 0 Å². The van der Waals surface area contributed by atoms with Crippen molar-refractivity contribution in [3.63, 3.8) is 0 Å². The van der Waals surface area contributed by atoms with Crippen molar-refractivity contribution in [3.05, 3.63) is 48.6 Å². The average molecular weight is 299 g/mol. The standard InChI is InChI=1S/C22H34/c1-13(2)17-9-10-19(15(5)6)22-20(16(7)8)12-11-18(14(3)4)21(17)22/h17-22H,1,3,5,7,9-12H2,2,4,6,8H3. The molecule has 0 bridgehead atoms. The number of rotatable bonds is 4. The number of allylic oxidation sites excluding steroid dienone is 4. The van der Waals surface area contributed by atoms with Crippen LogP contribution < -0.4 is 0 Å². The lowest BCUT2D eigenvalue weighted by Gasteiger charge is -2.54. The lowest BCUT2D eigenvalue weighted by molar-refractivity contribution is 0.0153. The van der Waals surface area contributed by atoms with Crippen LogP contribution >= 0.6 is 0 Å². The maximum absolute atomic E-state index is 4.33. The Hall–Kier alpha value is -1.04. The Balaban J connectivity index is 2.48. The first-order valence-electron chi connectivity index (χ1n) is 8.87. The Kier molecular flexibility index (Phi) is 5.20. The molecule has 2 aliphatic rings. The second-order valence-corrected chi connectivity index (χ2v) is 8.12. The van der Waals surface area contributed by atoms with Gasteiger partial charge in [-0.1, -0.05) is 48.6 Å². The summed E-state index contributed by atoms with van der Waals surface area (Å²) in [6.07, 6.45) is 5.06. The first-order chi connectivity index (χ1) is 10.3. The molecule has 0 aromatic heterocycles. The Morgan fingerprint density at radius 2 is 0.682 bits per heavy atom. The Labute approximate surface area is 138 Å². The van der Waals surface area contributed by atoms with Crippen LogP contribution in [0.3, 0.4) is 0 Å². The molecule has 2 fully saturated rings. The molecule has 0 spiro atoms. The van der Waals surface area contributed by atoms with Gasteiger partial charge in [0.25, 0.3) is 0 Å². The molecule has 2 rings (SSSR count). The molecule has 0 aromatic rings. The van der Waals surface area contributed by atoms with E-state index in [0.717, 1.165) is 0 Å². The zero-order valence-electron chi connectivity index (χ0n) is 15.1. The minimum absolute atomic E-state index is 0.643. The molecule has 0 aromatic carbocycles. The van der Waals surface area contributed by atoms with Crippen molar-refractivity contribution in [2.45, 2.75) is 53.4 Å². The first-order valence-corrected chi connectivity index (χ1v) is 8.87. The third-order valence-electron chi connectivity index (χ3n) is 6.41. The van der Waals surface area contributed by atoms with E-state index in [4.69, 9.17) is 0 Å². The van der Waals surface area contributed by atoms with Crippen molar-refractivity contribution in [1.82, 2.24) is 0 Å². The first kappa shape index (κ1) is 17.3. The van der Waals surface area contributed by atoms with Crippen LogP contribution in [0.25, 0.3) is 0 Å². The molecule has 0 N–H and O–H groups in total. The highest BCUT2D eigenvalue weighted by molar-refractivity contribution is 5.20. The van der Waals surface area contributed by atoms with Gasteiger partial charge in [0.05, 0.1) is 0 Å². The van der Waals surface area contributed by atoms with Crippen LogP contribution in [0.5, 0.6) is 0 Å². The molecule has 0 radical (unpaired) electrons. The fraction of sp³-hybridized carbons (Fsp3) is 0.636. The van der Waals surface area contributed by atoms with E-state index in [9.17, 15) is 0 Å². The largest absolute Gasteiger partial charge is 0.0998 e. The number of hydrogen-bond acceptors (Lipinski definition) is 0. The smallest absolute Gasteiger partial charge is 0.0171 e. The van der Waals surface area contributed by atoms with Gasteiger partial charge in [0.1, 0.15) is 0 Å². The number of hydrogen-bond donors (Lipinski definition) is 0. The van der Waals surface area contributed by atoms with Crippen LogP contribution in [0.2, 0.25) is 0 Å². The van der Waals surface area contributed by atoms with Gasteiger partial charge in [-0.2, -0.15) is 0 Å². The van der Waals surface area contributed by atoms with Gasteiger partial charge in [-0.3, -0.25) is 0 Å². The summed E-state index contributed by atoms with van der Waals surface area (Å²) in [7, 11) is 0. The highest BCUT2D eigenvalue weighted by Crippen LogP contribution is 2.57. The van der Waals surface area contributed by atoms with E-state index in [1.807, 2.05) is 0 Å². The van der Waals surface area contributed by atoms with Crippen LogP contribution in [0.1, 0.15) is 53.4 Å². The Morgan fingerprint density at radius 3 is 0.818 bits per heavy atom. The van der Waals surface area contributed by atoms with Gasteiger partial charge in [-0.25, -0.2) is 0 Å². The zero-order valence-corrected chi connectivity index (χ0v) is 15.1. The Morgan fingerprint density at radius 1 is 0.500 bits per heavy atom. The molecule has 22 heavy (non-hydrogen) atoms. The van der Waals surface area contributed by atoms with Crippen molar-refractivity contribution >= 4 is 0 Å². The monoisotopic (exact) mass is 298 g/mol. The highest BCUT2D eigenvalue weighted by Gasteiger charge is 2.49. The van der Waals surface area contributed by atoms with Crippen molar-refractivity contribution in [2.24, 2.45) is 35.5 Å².